The fraction of sp³-hybridized carbons (Fsp3) is 0.588. The molecule has 0 radical (unpaired) electrons. The number of hydrogen-bond donors (Lipinski definition) is 0. The van der Waals surface area contributed by atoms with Gasteiger partial charge in [0.15, 0.2) is 0 Å². The summed E-state index contributed by atoms with van der Waals surface area (Å²) in [4.78, 5) is 22.5. The first-order chi connectivity index (χ1) is 11.0. The van der Waals surface area contributed by atoms with E-state index >= 15 is 0 Å². The molecule has 3 atom stereocenters. The average Bonchev–Trinajstić information content (AvgIpc) is 2.75. The largest absolute Gasteiger partial charge is 0.474 e. The predicted molar refractivity (Wildman–Crippen MR) is 85.3 cm³/mol. The Kier molecular flexibility index (Phi) is 4.24. The Morgan fingerprint density at radius 1 is 1.22 bits per heavy atom. The first-order valence-electron chi connectivity index (χ1n) is 8.08. The Bertz CT molecular complexity index is 614. The fourth-order valence-corrected chi connectivity index (χ4v) is 3.13. The minimum absolute atomic E-state index is 0.0354. The highest BCUT2D eigenvalue weighted by atomic mass is 16.6. The van der Waals surface area contributed by atoms with Gasteiger partial charge in [-0.1, -0.05) is 12.2 Å². The smallest absolute Gasteiger partial charge is 0.411 e. The summed E-state index contributed by atoms with van der Waals surface area (Å²) in [6, 6.07) is 0.0708. The summed E-state index contributed by atoms with van der Waals surface area (Å²) in [6.07, 6.45) is 6.87. The molecule has 0 aliphatic carbocycles. The summed E-state index contributed by atoms with van der Waals surface area (Å²) in [5.74, 6) is 0.639. The van der Waals surface area contributed by atoms with Crippen molar-refractivity contribution in [1.82, 2.24) is 14.9 Å². The van der Waals surface area contributed by atoms with Gasteiger partial charge in [0.1, 0.15) is 12.4 Å². The Labute approximate surface area is 136 Å². The van der Waals surface area contributed by atoms with Crippen LogP contribution in [0.4, 0.5) is 4.79 Å². The van der Waals surface area contributed by atoms with E-state index in [2.05, 4.69) is 22.1 Å². The Balaban J connectivity index is 1.67. The summed E-state index contributed by atoms with van der Waals surface area (Å²) >= 11 is 0. The molecule has 3 heterocycles. The molecule has 6 heteroatoms. The highest BCUT2D eigenvalue weighted by molar-refractivity contribution is 5.70. The molecular formula is C17H23N3O3. The molecule has 23 heavy (non-hydrogen) atoms. The van der Waals surface area contributed by atoms with Crippen LogP contribution in [0.15, 0.2) is 18.5 Å². The summed E-state index contributed by atoms with van der Waals surface area (Å²) in [6.45, 7) is 7.64. The van der Waals surface area contributed by atoms with Crippen LogP contribution in [0, 0.1) is 13.8 Å². The van der Waals surface area contributed by atoms with Crippen molar-refractivity contribution in [2.45, 2.75) is 64.8 Å². The molecule has 0 saturated carbocycles. The van der Waals surface area contributed by atoms with Crippen LogP contribution in [-0.2, 0) is 4.74 Å². The lowest BCUT2D eigenvalue weighted by Crippen LogP contribution is -2.50. The second-order valence-electron chi connectivity index (χ2n) is 6.46. The van der Waals surface area contributed by atoms with Crippen molar-refractivity contribution < 1.29 is 14.3 Å². The molecule has 1 aromatic heterocycles. The average molecular weight is 317 g/mol. The lowest BCUT2D eigenvalue weighted by atomic mass is 9.99. The van der Waals surface area contributed by atoms with Gasteiger partial charge in [-0.2, -0.15) is 0 Å². The van der Waals surface area contributed by atoms with Gasteiger partial charge in [-0.05, 0) is 27.7 Å². The zero-order valence-electron chi connectivity index (χ0n) is 14.0. The number of aryl methyl sites for hydroxylation is 1. The molecule has 124 valence electrons. The molecular weight excluding hydrogens is 294 g/mol. The zero-order valence-corrected chi connectivity index (χ0v) is 14.0. The number of fused-ring (bicyclic) bond motifs is 2. The van der Waals surface area contributed by atoms with Gasteiger partial charge < -0.3 is 9.47 Å². The molecule has 0 N–H and O–H groups in total. The van der Waals surface area contributed by atoms with E-state index in [1.165, 1.54) is 6.33 Å². The third-order valence-electron chi connectivity index (χ3n) is 4.39. The number of aromatic nitrogens is 2. The monoisotopic (exact) mass is 317 g/mol. The molecule has 2 bridgehead atoms. The van der Waals surface area contributed by atoms with Crippen molar-refractivity contribution in [3.05, 3.63) is 29.7 Å². The van der Waals surface area contributed by atoms with E-state index in [1.807, 2.05) is 32.6 Å². The molecule has 6 nitrogen and oxygen atoms in total. The molecule has 1 saturated heterocycles. The first-order valence-corrected chi connectivity index (χ1v) is 8.08. The van der Waals surface area contributed by atoms with Crippen molar-refractivity contribution in [3.63, 3.8) is 0 Å². The van der Waals surface area contributed by atoms with Crippen LogP contribution < -0.4 is 4.74 Å². The third-order valence-corrected chi connectivity index (χ3v) is 4.39. The number of amides is 1. The van der Waals surface area contributed by atoms with E-state index in [-0.39, 0.29) is 30.4 Å². The molecule has 2 unspecified atom stereocenters. The van der Waals surface area contributed by atoms with Crippen molar-refractivity contribution in [2.24, 2.45) is 0 Å². The van der Waals surface area contributed by atoms with Gasteiger partial charge in [0, 0.05) is 24.1 Å². The second kappa shape index (κ2) is 6.18. The van der Waals surface area contributed by atoms with E-state index in [0.717, 1.165) is 24.1 Å². The normalized spacial score (nSPS) is 25.8. The van der Waals surface area contributed by atoms with Gasteiger partial charge >= 0.3 is 6.09 Å². The zero-order chi connectivity index (χ0) is 16.6. The van der Waals surface area contributed by atoms with Gasteiger partial charge in [-0.3, -0.25) is 4.90 Å². The minimum atomic E-state index is -0.243. The van der Waals surface area contributed by atoms with Gasteiger partial charge in [0.25, 0.3) is 0 Å². The van der Waals surface area contributed by atoms with E-state index in [4.69, 9.17) is 9.47 Å². The number of ether oxygens (including phenoxy) is 2. The van der Waals surface area contributed by atoms with Crippen LogP contribution in [0.2, 0.25) is 0 Å². The molecule has 0 spiro atoms. The number of carbonyl (C=O) groups excluding carboxylic acids is 1. The summed E-state index contributed by atoms with van der Waals surface area (Å²) in [7, 11) is 0. The number of nitrogens with zero attached hydrogens (tertiary/aromatic N) is 3. The Morgan fingerprint density at radius 3 is 2.48 bits per heavy atom. The molecule has 2 aliphatic rings. The Morgan fingerprint density at radius 2 is 1.87 bits per heavy atom. The van der Waals surface area contributed by atoms with Gasteiger partial charge in [-0.15, -0.1) is 0 Å². The first kappa shape index (κ1) is 15.8. The standard InChI is InChI=1S/C17H23N3O3/c1-10(2)22-17(21)20-13-5-6-14(20)8-15(7-13)23-16-11(3)12(4)18-9-19-16/h5-6,9-10,13-15H,7-8H2,1-4H3/t13-,14?,15?/m0/s1. The number of piperidine rings is 1. The summed E-state index contributed by atoms with van der Waals surface area (Å²) < 4.78 is 11.4. The maximum atomic E-state index is 12.2. The lowest BCUT2D eigenvalue weighted by Gasteiger charge is -2.38. The highest BCUT2D eigenvalue weighted by Gasteiger charge is 2.42. The van der Waals surface area contributed by atoms with Crippen molar-refractivity contribution in [1.29, 1.82) is 0 Å². The van der Waals surface area contributed by atoms with Gasteiger partial charge in [0.2, 0.25) is 5.88 Å². The van der Waals surface area contributed by atoms with E-state index in [1.54, 1.807) is 0 Å². The SMILES string of the molecule is Cc1ncnc(OC2CC3C=C[C@@H](C2)N3C(=O)OC(C)C)c1C. The van der Waals surface area contributed by atoms with E-state index in [9.17, 15) is 4.79 Å². The van der Waals surface area contributed by atoms with Crippen LogP contribution in [0.1, 0.15) is 37.9 Å². The summed E-state index contributed by atoms with van der Waals surface area (Å²) in [5, 5.41) is 0. The fourth-order valence-electron chi connectivity index (χ4n) is 3.13. The van der Waals surface area contributed by atoms with Crippen LogP contribution >= 0.6 is 0 Å². The predicted octanol–water partition coefficient (Wildman–Crippen LogP) is 2.79. The van der Waals surface area contributed by atoms with Crippen molar-refractivity contribution >= 4 is 6.09 Å². The lowest BCUT2D eigenvalue weighted by molar-refractivity contribution is 0.0264. The van der Waals surface area contributed by atoms with E-state index in [0.29, 0.717) is 5.88 Å². The highest BCUT2D eigenvalue weighted by Crippen LogP contribution is 2.33. The molecule has 3 rings (SSSR count). The number of carbonyl (C=O) groups is 1. The van der Waals surface area contributed by atoms with Crippen molar-refractivity contribution in [3.8, 4) is 5.88 Å². The summed E-state index contributed by atoms with van der Waals surface area (Å²) in [5.41, 5.74) is 1.89. The van der Waals surface area contributed by atoms with Crippen LogP contribution in [0.3, 0.4) is 0 Å². The van der Waals surface area contributed by atoms with Crippen molar-refractivity contribution in [2.75, 3.05) is 0 Å². The molecule has 1 fully saturated rings. The third kappa shape index (κ3) is 3.16. The van der Waals surface area contributed by atoms with Crippen LogP contribution in [0.5, 0.6) is 5.88 Å². The number of hydrogen-bond acceptors (Lipinski definition) is 5. The van der Waals surface area contributed by atoms with Gasteiger partial charge in [0.05, 0.1) is 18.2 Å². The second-order valence-corrected chi connectivity index (χ2v) is 6.46. The molecule has 0 aromatic carbocycles. The molecule has 1 aromatic rings. The maximum absolute atomic E-state index is 12.2. The Hall–Kier alpha value is -2.11. The van der Waals surface area contributed by atoms with E-state index < -0.39 is 0 Å². The van der Waals surface area contributed by atoms with Crippen LogP contribution in [-0.4, -0.2) is 45.3 Å². The molecule has 2 aliphatic heterocycles. The van der Waals surface area contributed by atoms with Gasteiger partial charge in [-0.25, -0.2) is 14.8 Å². The quantitative estimate of drug-likeness (QED) is 0.802. The molecule has 1 amide bonds. The minimum Gasteiger partial charge on any atom is -0.474 e. The van der Waals surface area contributed by atoms with Crippen LogP contribution in [0.25, 0.3) is 0 Å². The maximum Gasteiger partial charge on any atom is 0.411 e. The topological polar surface area (TPSA) is 64.6 Å². The number of rotatable bonds is 3.